The molecule has 1 N–H and O–H groups in total. The molecule has 3 heteroatoms. The van der Waals surface area contributed by atoms with E-state index < -0.39 is 0 Å². The average Bonchev–Trinajstić information content (AvgIpc) is 2.92. The quantitative estimate of drug-likeness (QED) is 0.858. The van der Waals surface area contributed by atoms with Crippen LogP contribution in [0.1, 0.15) is 19.4 Å². The van der Waals surface area contributed by atoms with Gasteiger partial charge in [0.25, 0.3) is 0 Å². The molecule has 1 aromatic carbocycles. The van der Waals surface area contributed by atoms with Gasteiger partial charge in [0.1, 0.15) is 0 Å². The van der Waals surface area contributed by atoms with Crippen LogP contribution >= 0.6 is 0 Å². The van der Waals surface area contributed by atoms with E-state index in [9.17, 15) is 0 Å². The lowest BCUT2D eigenvalue weighted by Gasteiger charge is -2.20. The second-order valence-electron chi connectivity index (χ2n) is 4.26. The molecular formula is C15H21N3. The van der Waals surface area contributed by atoms with Crippen molar-refractivity contribution >= 4 is 11.8 Å². The number of hydrogen-bond donors (Lipinski definition) is 1. The van der Waals surface area contributed by atoms with Crippen LogP contribution in [0.4, 0.5) is 5.69 Å². The third-order valence-electron chi connectivity index (χ3n) is 3.13. The fourth-order valence-corrected chi connectivity index (χ4v) is 2.03. The van der Waals surface area contributed by atoms with Crippen LogP contribution in [0.2, 0.25) is 0 Å². The molecule has 0 aliphatic carbocycles. The number of benzene rings is 1. The first-order valence-corrected chi connectivity index (χ1v) is 6.54. The van der Waals surface area contributed by atoms with Crippen LogP contribution < -0.4 is 10.3 Å². The van der Waals surface area contributed by atoms with Crippen LogP contribution in [0, 0.1) is 0 Å². The lowest BCUT2D eigenvalue weighted by atomic mass is 10.2. The Morgan fingerprint density at radius 2 is 1.94 bits per heavy atom. The molecule has 1 heterocycles. The minimum Gasteiger partial charge on any atom is -0.372 e. The molecule has 0 spiro atoms. The molecule has 0 fully saturated rings. The highest BCUT2D eigenvalue weighted by molar-refractivity contribution is 5.55. The first kappa shape index (κ1) is 12.6. The third kappa shape index (κ3) is 3.06. The van der Waals surface area contributed by atoms with Crippen molar-refractivity contribution in [1.29, 1.82) is 0 Å². The predicted molar refractivity (Wildman–Crippen MR) is 78.0 cm³/mol. The summed E-state index contributed by atoms with van der Waals surface area (Å²) < 4.78 is 0. The number of anilines is 1. The van der Waals surface area contributed by atoms with Gasteiger partial charge < -0.3 is 10.3 Å². The second kappa shape index (κ2) is 6.15. The Hall–Kier alpha value is -1.90. The van der Waals surface area contributed by atoms with Gasteiger partial charge >= 0.3 is 0 Å². The topological polar surface area (TPSA) is 18.5 Å². The van der Waals surface area contributed by atoms with Crippen molar-refractivity contribution in [1.82, 2.24) is 10.4 Å². The molecule has 18 heavy (non-hydrogen) atoms. The number of hydrogen-bond acceptors (Lipinski definition) is 3. The first-order chi connectivity index (χ1) is 8.83. The molecule has 0 saturated heterocycles. The van der Waals surface area contributed by atoms with E-state index in [4.69, 9.17) is 0 Å². The van der Waals surface area contributed by atoms with Crippen LogP contribution in [0.25, 0.3) is 6.08 Å². The van der Waals surface area contributed by atoms with Crippen molar-refractivity contribution in [3.8, 4) is 0 Å². The number of hydrazine groups is 1. The summed E-state index contributed by atoms with van der Waals surface area (Å²) in [7, 11) is 0. The first-order valence-electron chi connectivity index (χ1n) is 6.54. The summed E-state index contributed by atoms with van der Waals surface area (Å²) in [5.41, 5.74) is 5.64. The predicted octanol–water partition coefficient (Wildman–Crippen LogP) is 2.84. The van der Waals surface area contributed by atoms with Crippen molar-refractivity contribution in [2.24, 2.45) is 0 Å². The zero-order valence-electron chi connectivity index (χ0n) is 11.1. The summed E-state index contributed by atoms with van der Waals surface area (Å²) >= 11 is 0. The lowest BCUT2D eigenvalue weighted by Crippen LogP contribution is -2.23. The van der Waals surface area contributed by atoms with Crippen LogP contribution in [-0.4, -0.2) is 24.6 Å². The summed E-state index contributed by atoms with van der Waals surface area (Å²) in [6.45, 7) is 7.39. The molecule has 1 aromatic rings. The zero-order valence-corrected chi connectivity index (χ0v) is 11.1. The van der Waals surface area contributed by atoms with Crippen molar-refractivity contribution < 1.29 is 0 Å². The molecule has 0 bridgehead atoms. The van der Waals surface area contributed by atoms with E-state index in [1.165, 1.54) is 11.3 Å². The Bertz CT molecular complexity index is 408. The standard InChI is InChI=1S/C15H21N3/c1-3-17(4-2)15-8-6-14(7-9-15)10-13-18-12-5-11-16-18/h5-11,13,16H,3-4,12H2,1-2H3. The average molecular weight is 243 g/mol. The molecule has 96 valence electrons. The molecule has 0 aromatic heterocycles. The third-order valence-corrected chi connectivity index (χ3v) is 3.13. The van der Waals surface area contributed by atoms with E-state index in [-0.39, 0.29) is 0 Å². The van der Waals surface area contributed by atoms with E-state index in [2.05, 4.69) is 66.8 Å². The lowest BCUT2D eigenvalue weighted by molar-refractivity contribution is 0.379. The highest BCUT2D eigenvalue weighted by Gasteiger charge is 2.01. The molecule has 0 amide bonds. The van der Waals surface area contributed by atoms with Gasteiger partial charge in [-0.1, -0.05) is 12.1 Å². The molecule has 1 aliphatic rings. The van der Waals surface area contributed by atoms with Crippen molar-refractivity contribution in [2.45, 2.75) is 13.8 Å². The van der Waals surface area contributed by atoms with Gasteiger partial charge in [0.2, 0.25) is 0 Å². The van der Waals surface area contributed by atoms with Gasteiger partial charge in [0.15, 0.2) is 0 Å². The Labute approximate surface area is 109 Å². The van der Waals surface area contributed by atoms with Gasteiger partial charge in [-0.05, 0) is 43.7 Å². The van der Waals surface area contributed by atoms with E-state index in [0.29, 0.717) is 0 Å². The summed E-state index contributed by atoms with van der Waals surface area (Å²) in [5, 5.41) is 2.04. The van der Waals surface area contributed by atoms with Gasteiger partial charge in [-0.15, -0.1) is 0 Å². The van der Waals surface area contributed by atoms with E-state index in [1.807, 2.05) is 11.2 Å². The van der Waals surface area contributed by atoms with Crippen LogP contribution in [0.15, 0.2) is 42.7 Å². The molecule has 0 unspecified atom stereocenters. The van der Waals surface area contributed by atoms with E-state index >= 15 is 0 Å². The number of nitrogens with zero attached hydrogens (tertiary/aromatic N) is 2. The second-order valence-corrected chi connectivity index (χ2v) is 4.26. The van der Waals surface area contributed by atoms with E-state index in [1.54, 1.807) is 0 Å². The Kier molecular flexibility index (Phi) is 4.29. The molecule has 3 nitrogen and oxygen atoms in total. The van der Waals surface area contributed by atoms with Crippen LogP contribution in [0.3, 0.4) is 0 Å². The van der Waals surface area contributed by atoms with Crippen LogP contribution in [-0.2, 0) is 0 Å². The van der Waals surface area contributed by atoms with Crippen molar-refractivity contribution in [2.75, 3.05) is 24.5 Å². The zero-order chi connectivity index (χ0) is 12.8. The summed E-state index contributed by atoms with van der Waals surface area (Å²) in [6, 6.07) is 8.69. The summed E-state index contributed by atoms with van der Waals surface area (Å²) in [5.74, 6) is 0. The maximum absolute atomic E-state index is 3.13. The highest BCUT2D eigenvalue weighted by atomic mass is 15.5. The van der Waals surface area contributed by atoms with Gasteiger partial charge in [-0.25, -0.2) is 0 Å². The van der Waals surface area contributed by atoms with E-state index in [0.717, 1.165) is 19.6 Å². The SMILES string of the molecule is CCN(CC)c1ccc(C=CN2CC=CN2)cc1. The number of nitrogens with one attached hydrogen (secondary N) is 1. The van der Waals surface area contributed by atoms with Crippen LogP contribution in [0.5, 0.6) is 0 Å². The molecule has 2 rings (SSSR count). The maximum Gasteiger partial charge on any atom is 0.0585 e. The Balaban J connectivity index is 1.98. The van der Waals surface area contributed by atoms with Gasteiger partial charge in [-0.3, -0.25) is 5.01 Å². The normalized spacial score (nSPS) is 14.2. The monoisotopic (exact) mass is 243 g/mol. The fraction of sp³-hybridized carbons (Fsp3) is 0.333. The van der Waals surface area contributed by atoms with Gasteiger partial charge in [-0.2, -0.15) is 0 Å². The number of rotatable bonds is 5. The summed E-state index contributed by atoms with van der Waals surface area (Å²) in [6.07, 6.45) is 8.22. The summed E-state index contributed by atoms with van der Waals surface area (Å²) in [4.78, 5) is 2.35. The Morgan fingerprint density at radius 3 is 2.50 bits per heavy atom. The molecule has 0 radical (unpaired) electrons. The minimum absolute atomic E-state index is 0.925. The Morgan fingerprint density at radius 1 is 1.22 bits per heavy atom. The molecule has 0 saturated carbocycles. The maximum atomic E-state index is 3.13. The molecule has 0 atom stereocenters. The minimum atomic E-state index is 0.925. The largest absolute Gasteiger partial charge is 0.372 e. The fourth-order valence-electron chi connectivity index (χ4n) is 2.03. The molecular weight excluding hydrogens is 222 g/mol. The van der Waals surface area contributed by atoms with Gasteiger partial charge in [0, 0.05) is 31.2 Å². The smallest absolute Gasteiger partial charge is 0.0585 e. The highest BCUT2D eigenvalue weighted by Crippen LogP contribution is 2.15. The van der Waals surface area contributed by atoms with Gasteiger partial charge in [0.05, 0.1) is 6.54 Å². The molecule has 1 aliphatic heterocycles. The van der Waals surface area contributed by atoms with Crippen molar-refractivity contribution in [3.05, 3.63) is 48.3 Å². The van der Waals surface area contributed by atoms with Crippen molar-refractivity contribution in [3.63, 3.8) is 0 Å².